The average Bonchev–Trinajstić information content (AvgIpc) is 2.72. The molecule has 0 aromatic heterocycles. The first-order valence-corrected chi connectivity index (χ1v) is 10.1. The van der Waals surface area contributed by atoms with Crippen molar-refractivity contribution in [3.05, 3.63) is 54.1 Å². The molecule has 0 unspecified atom stereocenters. The highest BCUT2D eigenvalue weighted by molar-refractivity contribution is 7.98. The fraction of sp³-hybridized carbons (Fsp3) is 0.381. The maximum atomic E-state index is 12.8. The lowest BCUT2D eigenvalue weighted by Gasteiger charge is -2.33. The molecule has 1 amide bonds. The van der Waals surface area contributed by atoms with Gasteiger partial charge < -0.3 is 14.4 Å². The lowest BCUT2D eigenvalue weighted by molar-refractivity contribution is -0.0332. The maximum Gasteiger partial charge on any atom is 0.254 e. The first-order valence-electron chi connectivity index (χ1n) is 8.86. The van der Waals surface area contributed by atoms with Crippen molar-refractivity contribution in [2.75, 3.05) is 39.7 Å². The molecule has 0 radical (unpaired) electrons. The van der Waals surface area contributed by atoms with Crippen LogP contribution in [0.3, 0.4) is 0 Å². The second kappa shape index (κ2) is 9.21. The fourth-order valence-electron chi connectivity index (χ4n) is 3.19. The lowest BCUT2D eigenvalue weighted by atomic mass is 10.0. The largest absolute Gasteiger partial charge is 0.385 e. The summed E-state index contributed by atoms with van der Waals surface area (Å²) in [6.07, 6.45) is 2.94. The van der Waals surface area contributed by atoms with Crippen LogP contribution in [-0.4, -0.2) is 56.6 Å². The van der Waals surface area contributed by atoms with Crippen LogP contribution in [0.5, 0.6) is 0 Å². The van der Waals surface area contributed by atoms with Gasteiger partial charge in [-0.1, -0.05) is 30.3 Å². The molecule has 138 valence electrons. The number of methoxy groups -OCH3 is 1. The van der Waals surface area contributed by atoms with E-state index in [9.17, 15) is 4.79 Å². The minimum atomic E-state index is 0.0559. The molecule has 1 aliphatic rings. The van der Waals surface area contributed by atoms with Crippen molar-refractivity contribution in [3.8, 4) is 11.1 Å². The van der Waals surface area contributed by atoms with Crippen molar-refractivity contribution in [1.82, 2.24) is 4.90 Å². The van der Waals surface area contributed by atoms with E-state index in [-0.39, 0.29) is 12.0 Å². The van der Waals surface area contributed by atoms with Crippen molar-refractivity contribution in [2.45, 2.75) is 17.4 Å². The van der Waals surface area contributed by atoms with Gasteiger partial charge in [0.1, 0.15) is 0 Å². The van der Waals surface area contributed by atoms with Crippen LogP contribution < -0.4 is 0 Å². The molecule has 1 atom stereocenters. The molecule has 1 aliphatic heterocycles. The molecule has 0 bridgehead atoms. The van der Waals surface area contributed by atoms with Gasteiger partial charge in [0.2, 0.25) is 0 Å². The summed E-state index contributed by atoms with van der Waals surface area (Å²) in [6.45, 7) is 2.49. The molecule has 4 nitrogen and oxygen atoms in total. The van der Waals surface area contributed by atoms with E-state index in [4.69, 9.17) is 9.47 Å². The Labute approximate surface area is 159 Å². The van der Waals surface area contributed by atoms with E-state index in [1.165, 1.54) is 10.5 Å². The predicted molar refractivity (Wildman–Crippen MR) is 106 cm³/mol. The van der Waals surface area contributed by atoms with Crippen molar-refractivity contribution >= 4 is 17.7 Å². The summed E-state index contributed by atoms with van der Waals surface area (Å²) in [7, 11) is 1.68. The van der Waals surface area contributed by atoms with Crippen molar-refractivity contribution in [2.24, 2.45) is 0 Å². The van der Waals surface area contributed by atoms with Crippen LogP contribution >= 0.6 is 11.8 Å². The zero-order valence-electron chi connectivity index (χ0n) is 15.3. The number of carbonyl (C=O) groups excluding carboxylic acids is 1. The van der Waals surface area contributed by atoms with Crippen LogP contribution in [0, 0.1) is 0 Å². The first-order chi connectivity index (χ1) is 12.7. The van der Waals surface area contributed by atoms with Gasteiger partial charge in [-0.05, 0) is 42.0 Å². The normalized spacial score (nSPS) is 17.3. The molecular formula is C21H25NO3S. The molecule has 1 heterocycles. The van der Waals surface area contributed by atoms with E-state index in [1.54, 1.807) is 18.9 Å². The lowest BCUT2D eigenvalue weighted by Crippen LogP contribution is -2.45. The van der Waals surface area contributed by atoms with E-state index in [0.29, 0.717) is 26.3 Å². The van der Waals surface area contributed by atoms with Crippen molar-refractivity contribution in [3.63, 3.8) is 0 Å². The summed E-state index contributed by atoms with van der Waals surface area (Å²) in [6, 6.07) is 16.2. The Morgan fingerprint density at radius 2 is 2.00 bits per heavy atom. The molecular weight excluding hydrogens is 346 g/mol. The van der Waals surface area contributed by atoms with Gasteiger partial charge in [-0.3, -0.25) is 4.79 Å². The third kappa shape index (κ3) is 4.47. The Balaban J connectivity index is 1.71. The molecule has 3 rings (SSSR count). The molecule has 2 aromatic rings. The molecule has 5 heteroatoms. The molecule has 1 saturated heterocycles. The number of benzene rings is 2. The molecule has 0 N–H and O–H groups in total. The van der Waals surface area contributed by atoms with Crippen LogP contribution in [-0.2, 0) is 9.47 Å². The number of hydrogen-bond donors (Lipinski definition) is 0. The quantitative estimate of drug-likeness (QED) is 0.721. The van der Waals surface area contributed by atoms with Gasteiger partial charge in [0, 0.05) is 37.3 Å². The van der Waals surface area contributed by atoms with Gasteiger partial charge >= 0.3 is 0 Å². The number of ether oxygens (including phenoxy) is 2. The Bertz CT molecular complexity index is 732. The van der Waals surface area contributed by atoms with Gasteiger partial charge in [0.25, 0.3) is 5.91 Å². The first kappa shape index (κ1) is 19.0. The molecule has 0 spiro atoms. The topological polar surface area (TPSA) is 38.8 Å². The zero-order chi connectivity index (χ0) is 18.4. The molecule has 2 aromatic carbocycles. The van der Waals surface area contributed by atoms with Crippen LogP contribution in [0.2, 0.25) is 0 Å². The third-order valence-electron chi connectivity index (χ3n) is 4.62. The SMILES string of the molecule is COCC[C@H]1CN(C(=O)c2ccc(-c3ccccc3SC)cc2)CCO1. The minimum Gasteiger partial charge on any atom is -0.385 e. The molecule has 1 fully saturated rings. The van der Waals surface area contributed by atoms with Crippen LogP contribution in [0.4, 0.5) is 0 Å². The monoisotopic (exact) mass is 371 g/mol. The number of rotatable bonds is 6. The van der Waals surface area contributed by atoms with Gasteiger partial charge in [-0.25, -0.2) is 0 Å². The highest BCUT2D eigenvalue weighted by Crippen LogP contribution is 2.30. The standard InChI is InChI=1S/C21H25NO3S/c1-24-13-11-18-15-22(12-14-25-18)21(23)17-9-7-16(8-10-17)19-5-3-4-6-20(19)26-2/h3-10,18H,11-15H2,1-2H3/t18-/m0/s1. The van der Waals surface area contributed by atoms with E-state index in [2.05, 4.69) is 18.4 Å². The summed E-state index contributed by atoms with van der Waals surface area (Å²) in [5.74, 6) is 0.0698. The van der Waals surface area contributed by atoms with Gasteiger partial charge in [0.15, 0.2) is 0 Å². The van der Waals surface area contributed by atoms with Crippen molar-refractivity contribution < 1.29 is 14.3 Å². The molecule has 26 heavy (non-hydrogen) atoms. The van der Waals surface area contributed by atoms with Crippen LogP contribution in [0.1, 0.15) is 16.8 Å². The number of carbonyl (C=O) groups is 1. The maximum absolute atomic E-state index is 12.8. The Morgan fingerprint density at radius 3 is 2.73 bits per heavy atom. The summed E-state index contributed by atoms with van der Waals surface area (Å²) in [5, 5.41) is 0. The van der Waals surface area contributed by atoms with Gasteiger partial charge in [-0.15, -0.1) is 11.8 Å². The Morgan fingerprint density at radius 1 is 1.23 bits per heavy atom. The third-order valence-corrected chi connectivity index (χ3v) is 5.42. The highest BCUT2D eigenvalue weighted by atomic mass is 32.2. The van der Waals surface area contributed by atoms with E-state index in [0.717, 1.165) is 17.5 Å². The highest BCUT2D eigenvalue weighted by Gasteiger charge is 2.24. The van der Waals surface area contributed by atoms with Crippen LogP contribution in [0.25, 0.3) is 11.1 Å². The van der Waals surface area contributed by atoms with Gasteiger partial charge in [0.05, 0.1) is 12.7 Å². The summed E-state index contributed by atoms with van der Waals surface area (Å²) in [4.78, 5) is 15.9. The summed E-state index contributed by atoms with van der Waals surface area (Å²) >= 11 is 1.73. The molecule has 0 saturated carbocycles. The van der Waals surface area contributed by atoms with E-state index in [1.807, 2.05) is 41.3 Å². The zero-order valence-corrected chi connectivity index (χ0v) is 16.1. The van der Waals surface area contributed by atoms with E-state index >= 15 is 0 Å². The second-order valence-electron chi connectivity index (χ2n) is 6.30. The second-order valence-corrected chi connectivity index (χ2v) is 7.15. The Hall–Kier alpha value is -1.82. The average molecular weight is 372 g/mol. The minimum absolute atomic E-state index is 0.0559. The number of thioether (sulfide) groups is 1. The smallest absolute Gasteiger partial charge is 0.254 e. The number of amides is 1. The predicted octanol–water partition coefficient (Wildman–Crippen LogP) is 3.95. The number of hydrogen-bond acceptors (Lipinski definition) is 4. The summed E-state index contributed by atoms with van der Waals surface area (Å²) < 4.78 is 10.8. The van der Waals surface area contributed by atoms with Crippen molar-refractivity contribution in [1.29, 1.82) is 0 Å². The number of nitrogens with zero attached hydrogens (tertiary/aromatic N) is 1. The molecule has 0 aliphatic carbocycles. The Kier molecular flexibility index (Phi) is 6.72. The van der Waals surface area contributed by atoms with E-state index < -0.39 is 0 Å². The van der Waals surface area contributed by atoms with Crippen LogP contribution in [0.15, 0.2) is 53.4 Å². The fourth-order valence-corrected chi connectivity index (χ4v) is 3.81. The van der Waals surface area contributed by atoms with Gasteiger partial charge in [-0.2, -0.15) is 0 Å². The summed E-state index contributed by atoms with van der Waals surface area (Å²) in [5.41, 5.74) is 3.05. The number of morpholine rings is 1.